The lowest BCUT2D eigenvalue weighted by Crippen LogP contribution is -2.22. The molecule has 0 aliphatic carbocycles. The van der Waals surface area contributed by atoms with Gasteiger partial charge in [-0.05, 0) is 24.1 Å². The van der Waals surface area contributed by atoms with Crippen LogP contribution in [-0.2, 0) is 18.3 Å². The first-order chi connectivity index (χ1) is 14.1. The Bertz CT molecular complexity index is 1230. The van der Waals surface area contributed by atoms with Crippen molar-refractivity contribution in [2.24, 2.45) is 7.05 Å². The fraction of sp³-hybridized carbons (Fsp3) is 0.316. The number of hydrogen-bond donors (Lipinski definition) is 0. The van der Waals surface area contributed by atoms with Crippen molar-refractivity contribution >= 4 is 27.1 Å². The lowest BCUT2D eigenvalue weighted by Gasteiger charge is -2.09. The fourth-order valence-electron chi connectivity index (χ4n) is 3.54. The lowest BCUT2D eigenvalue weighted by atomic mass is 10.0. The summed E-state index contributed by atoms with van der Waals surface area (Å²) >= 11 is 3.45. The van der Waals surface area contributed by atoms with Crippen LogP contribution in [0.25, 0.3) is 11.2 Å². The average molecular weight is 457 g/mol. The second-order valence-corrected chi connectivity index (χ2v) is 7.97. The fourth-order valence-corrected chi connectivity index (χ4v) is 3.81. The third kappa shape index (κ3) is 3.38. The van der Waals surface area contributed by atoms with Crippen LogP contribution in [0.4, 0.5) is 0 Å². The summed E-state index contributed by atoms with van der Waals surface area (Å²) in [5, 5.41) is 4.11. The van der Waals surface area contributed by atoms with Gasteiger partial charge in [0.15, 0.2) is 17.0 Å². The quantitative estimate of drug-likeness (QED) is 0.464. The first-order valence-corrected chi connectivity index (χ1v) is 9.94. The van der Waals surface area contributed by atoms with Gasteiger partial charge >= 0.3 is 0 Å². The number of benzene rings is 1. The number of hydrogen-bond acceptors (Lipinski definition) is 7. The molecule has 1 fully saturated rings. The number of fused-ring (bicyclic) bond motifs is 1. The Morgan fingerprint density at radius 1 is 1.21 bits per heavy atom. The highest BCUT2D eigenvalue weighted by molar-refractivity contribution is 9.10. The van der Waals surface area contributed by atoms with E-state index in [4.69, 9.17) is 9.26 Å². The van der Waals surface area contributed by atoms with Gasteiger partial charge in [0.1, 0.15) is 12.9 Å². The number of aromatic nitrogens is 6. The topological polar surface area (TPSA) is 101 Å². The Hall–Kier alpha value is -2.85. The number of rotatable bonds is 4. The summed E-state index contributed by atoms with van der Waals surface area (Å²) in [5.74, 6) is 1.01. The van der Waals surface area contributed by atoms with E-state index in [1.165, 1.54) is 10.9 Å². The molecule has 0 bridgehead atoms. The maximum absolute atomic E-state index is 12.7. The van der Waals surface area contributed by atoms with E-state index in [1.54, 1.807) is 17.9 Å². The molecular weight excluding hydrogens is 440 g/mol. The predicted octanol–water partition coefficient (Wildman–Crippen LogP) is 2.57. The molecule has 5 rings (SSSR count). The van der Waals surface area contributed by atoms with Crippen molar-refractivity contribution in [3.05, 3.63) is 69.0 Å². The van der Waals surface area contributed by atoms with Gasteiger partial charge in [-0.25, -0.2) is 9.97 Å². The molecule has 1 aromatic carbocycles. The van der Waals surface area contributed by atoms with Crippen LogP contribution in [-0.4, -0.2) is 35.8 Å². The Morgan fingerprint density at radius 2 is 2.00 bits per heavy atom. The third-order valence-corrected chi connectivity index (χ3v) is 5.62. The van der Waals surface area contributed by atoms with E-state index in [9.17, 15) is 4.79 Å². The van der Waals surface area contributed by atoms with Crippen molar-refractivity contribution in [3.63, 3.8) is 0 Å². The molecule has 1 aliphatic heterocycles. The zero-order valence-electron chi connectivity index (χ0n) is 15.5. The summed E-state index contributed by atoms with van der Waals surface area (Å²) in [6.07, 6.45) is 3.80. The molecule has 4 aromatic rings. The second-order valence-electron chi connectivity index (χ2n) is 7.06. The van der Waals surface area contributed by atoms with Crippen molar-refractivity contribution < 1.29 is 9.26 Å². The Labute approximate surface area is 173 Å². The molecule has 2 atom stereocenters. The molecule has 0 unspecified atom stereocenters. The number of ether oxygens (including phenoxy) is 1. The van der Waals surface area contributed by atoms with Gasteiger partial charge in [-0.2, -0.15) is 4.98 Å². The normalized spacial score (nSPS) is 19.2. The first kappa shape index (κ1) is 18.2. The monoisotopic (exact) mass is 456 g/mol. The van der Waals surface area contributed by atoms with Gasteiger partial charge < -0.3 is 13.8 Å². The van der Waals surface area contributed by atoms with E-state index in [2.05, 4.69) is 36.0 Å². The van der Waals surface area contributed by atoms with Crippen molar-refractivity contribution in [2.45, 2.75) is 25.0 Å². The molecule has 0 spiro atoms. The van der Waals surface area contributed by atoms with E-state index in [1.807, 2.05) is 24.3 Å². The molecule has 0 amide bonds. The lowest BCUT2D eigenvalue weighted by molar-refractivity contribution is 0.110. The van der Waals surface area contributed by atoms with E-state index >= 15 is 0 Å². The number of halogens is 1. The zero-order valence-corrected chi connectivity index (χ0v) is 17.1. The largest absolute Gasteiger partial charge is 0.373 e. The standard InChI is InChI=1S/C19H17BrN6O3/c1-25-9-21-18-16(25)19(27)26(10-22-18)7-15-23-17(24-29-15)12-6-14(28-8-12)11-2-4-13(20)5-3-11/h2-5,9-10,12,14H,6-8H2,1H3/t12-,14+/m0/s1. The van der Waals surface area contributed by atoms with Crippen molar-refractivity contribution in [1.82, 2.24) is 29.2 Å². The SMILES string of the molecule is Cn1cnc2ncn(Cc3nc([C@@H]4CO[C@@H](c5ccc(Br)cc5)C4)no3)c(=O)c21. The summed E-state index contributed by atoms with van der Waals surface area (Å²) in [4.78, 5) is 25.4. The summed E-state index contributed by atoms with van der Waals surface area (Å²) in [6, 6.07) is 8.10. The minimum atomic E-state index is -0.200. The van der Waals surface area contributed by atoms with Crippen LogP contribution < -0.4 is 5.56 Å². The molecule has 29 heavy (non-hydrogen) atoms. The summed E-state index contributed by atoms with van der Waals surface area (Å²) in [7, 11) is 1.76. The van der Waals surface area contributed by atoms with E-state index in [-0.39, 0.29) is 24.1 Å². The van der Waals surface area contributed by atoms with E-state index < -0.39 is 0 Å². The highest BCUT2D eigenvalue weighted by atomic mass is 79.9. The second kappa shape index (κ2) is 7.20. The minimum absolute atomic E-state index is 0.00844. The zero-order chi connectivity index (χ0) is 20.0. The number of aryl methyl sites for hydroxylation is 1. The molecule has 0 saturated carbocycles. The van der Waals surface area contributed by atoms with Crippen LogP contribution in [0, 0.1) is 0 Å². The van der Waals surface area contributed by atoms with Crippen LogP contribution in [0.15, 0.2) is 50.7 Å². The summed E-state index contributed by atoms with van der Waals surface area (Å²) in [6.45, 7) is 0.686. The van der Waals surface area contributed by atoms with Gasteiger partial charge in [-0.1, -0.05) is 33.2 Å². The average Bonchev–Trinajstić information content (AvgIpc) is 3.45. The Morgan fingerprint density at radius 3 is 2.83 bits per heavy atom. The van der Waals surface area contributed by atoms with Crippen molar-refractivity contribution in [1.29, 1.82) is 0 Å². The van der Waals surface area contributed by atoms with Crippen LogP contribution in [0.2, 0.25) is 0 Å². The highest BCUT2D eigenvalue weighted by Gasteiger charge is 2.31. The van der Waals surface area contributed by atoms with Gasteiger partial charge in [-0.3, -0.25) is 9.36 Å². The smallest absolute Gasteiger partial charge is 0.280 e. The summed E-state index contributed by atoms with van der Waals surface area (Å²) in [5.41, 5.74) is 1.78. The molecule has 1 aliphatic rings. The molecule has 0 N–H and O–H groups in total. The highest BCUT2D eigenvalue weighted by Crippen LogP contribution is 2.37. The first-order valence-electron chi connectivity index (χ1n) is 9.14. The molecule has 9 nitrogen and oxygen atoms in total. The minimum Gasteiger partial charge on any atom is -0.373 e. The maximum Gasteiger partial charge on any atom is 0.280 e. The predicted molar refractivity (Wildman–Crippen MR) is 106 cm³/mol. The summed E-state index contributed by atoms with van der Waals surface area (Å²) < 4.78 is 15.4. The molecule has 148 valence electrons. The van der Waals surface area contributed by atoms with Gasteiger partial charge in [0.2, 0.25) is 5.89 Å². The number of imidazole rings is 1. The molecule has 1 saturated heterocycles. The van der Waals surface area contributed by atoms with Crippen molar-refractivity contribution in [3.8, 4) is 0 Å². The van der Waals surface area contributed by atoms with E-state index in [0.717, 1.165) is 16.5 Å². The van der Waals surface area contributed by atoms with Crippen LogP contribution in [0.3, 0.4) is 0 Å². The molecular formula is C19H17BrN6O3. The van der Waals surface area contributed by atoms with Gasteiger partial charge in [0, 0.05) is 17.4 Å². The van der Waals surface area contributed by atoms with Crippen LogP contribution >= 0.6 is 15.9 Å². The Balaban J connectivity index is 1.32. The van der Waals surface area contributed by atoms with Gasteiger partial charge in [0.25, 0.3) is 5.56 Å². The molecule has 4 heterocycles. The maximum atomic E-state index is 12.7. The molecule has 10 heteroatoms. The Kier molecular flexibility index (Phi) is 4.51. The molecule has 0 radical (unpaired) electrons. The number of nitrogens with zero attached hydrogens (tertiary/aromatic N) is 6. The van der Waals surface area contributed by atoms with Gasteiger partial charge in [-0.15, -0.1) is 0 Å². The van der Waals surface area contributed by atoms with Crippen molar-refractivity contribution in [2.75, 3.05) is 6.61 Å². The third-order valence-electron chi connectivity index (χ3n) is 5.09. The van der Waals surface area contributed by atoms with Gasteiger partial charge in [0.05, 0.1) is 19.0 Å². The van der Waals surface area contributed by atoms with Crippen LogP contribution in [0.5, 0.6) is 0 Å². The molecule has 3 aromatic heterocycles. The van der Waals surface area contributed by atoms with E-state index in [0.29, 0.717) is 29.5 Å². The van der Waals surface area contributed by atoms with Crippen LogP contribution in [0.1, 0.15) is 35.7 Å².